The zero-order valence-electron chi connectivity index (χ0n) is 10.3. The van der Waals surface area contributed by atoms with Gasteiger partial charge in [-0.15, -0.1) is 0 Å². The first-order chi connectivity index (χ1) is 9.06. The molecule has 1 aromatic carbocycles. The summed E-state index contributed by atoms with van der Waals surface area (Å²) in [5, 5.41) is 10.2. The fourth-order valence-corrected chi connectivity index (χ4v) is 1.62. The Balaban J connectivity index is 2.83. The summed E-state index contributed by atoms with van der Waals surface area (Å²) in [5.41, 5.74) is -2.83. The van der Waals surface area contributed by atoms with E-state index in [1.165, 1.54) is 5.32 Å². The van der Waals surface area contributed by atoms with Crippen molar-refractivity contribution in [1.29, 1.82) is 0 Å². The molecule has 0 aliphatic carbocycles. The third-order valence-electron chi connectivity index (χ3n) is 2.66. The molecule has 20 heavy (non-hydrogen) atoms. The molecular formula is C12H11BrF3NO3. The molecule has 0 saturated heterocycles. The summed E-state index contributed by atoms with van der Waals surface area (Å²) < 4.78 is 38.9. The van der Waals surface area contributed by atoms with Crippen LogP contribution in [-0.4, -0.2) is 28.7 Å². The standard InChI is InChI=1S/C12H11BrF3NO3/c1-11(10(19)20,12(14,15)16)17-9(18)6-7-2-4-8(13)5-3-7/h2-5H,6H2,1H3,(H,17,18)(H,19,20). The molecule has 1 unspecified atom stereocenters. The Bertz CT molecular complexity index is 516. The van der Waals surface area contributed by atoms with Crippen LogP contribution in [0.4, 0.5) is 13.2 Å². The number of alkyl halides is 3. The number of amides is 1. The first-order valence-corrected chi connectivity index (χ1v) is 6.21. The maximum atomic E-state index is 12.7. The van der Waals surface area contributed by atoms with E-state index in [0.29, 0.717) is 12.5 Å². The smallest absolute Gasteiger partial charge is 0.422 e. The van der Waals surface area contributed by atoms with Gasteiger partial charge in [-0.05, 0) is 24.6 Å². The molecule has 1 rings (SSSR count). The summed E-state index contributed by atoms with van der Waals surface area (Å²) in [7, 11) is 0. The highest BCUT2D eigenvalue weighted by molar-refractivity contribution is 9.10. The molecule has 0 bridgehead atoms. The van der Waals surface area contributed by atoms with Gasteiger partial charge >= 0.3 is 12.1 Å². The molecule has 0 aromatic heterocycles. The second kappa shape index (κ2) is 5.82. The monoisotopic (exact) mass is 353 g/mol. The van der Waals surface area contributed by atoms with E-state index in [0.717, 1.165) is 4.47 Å². The number of benzene rings is 1. The molecule has 2 N–H and O–H groups in total. The van der Waals surface area contributed by atoms with E-state index in [4.69, 9.17) is 5.11 Å². The van der Waals surface area contributed by atoms with Gasteiger partial charge in [-0.25, -0.2) is 4.79 Å². The number of aliphatic carboxylic acids is 1. The Morgan fingerprint density at radius 1 is 1.25 bits per heavy atom. The molecule has 0 aliphatic heterocycles. The highest BCUT2D eigenvalue weighted by Gasteiger charge is 2.58. The minimum Gasteiger partial charge on any atom is -0.479 e. The van der Waals surface area contributed by atoms with E-state index in [1.54, 1.807) is 24.3 Å². The largest absolute Gasteiger partial charge is 0.479 e. The van der Waals surface area contributed by atoms with Gasteiger partial charge in [0, 0.05) is 4.47 Å². The number of carboxylic acids is 1. The lowest BCUT2D eigenvalue weighted by Gasteiger charge is -2.28. The highest BCUT2D eigenvalue weighted by Crippen LogP contribution is 2.30. The molecule has 110 valence electrons. The third kappa shape index (κ3) is 3.72. The maximum Gasteiger partial charge on any atom is 0.422 e. The van der Waals surface area contributed by atoms with Crippen molar-refractivity contribution in [3.8, 4) is 0 Å². The van der Waals surface area contributed by atoms with Crippen molar-refractivity contribution < 1.29 is 27.9 Å². The molecule has 0 radical (unpaired) electrons. The number of nitrogens with one attached hydrogen (secondary N) is 1. The normalized spacial score (nSPS) is 14.4. The van der Waals surface area contributed by atoms with Gasteiger partial charge in [0.05, 0.1) is 6.42 Å². The van der Waals surface area contributed by atoms with Crippen molar-refractivity contribution in [3.05, 3.63) is 34.3 Å². The van der Waals surface area contributed by atoms with Gasteiger partial charge in [-0.1, -0.05) is 28.1 Å². The van der Waals surface area contributed by atoms with Crippen molar-refractivity contribution in [1.82, 2.24) is 5.32 Å². The van der Waals surface area contributed by atoms with E-state index < -0.39 is 23.6 Å². The SMILES string of the molecule is CC(NC(=O)Cc1ccc(Br)cc1)(C(=O)O)C(F)(F)F. The average Bonchev–Trinajstić information content (AvgIpc) is 2.30. The van der Waals surface area contributed by atoms with Gasteiger partial charge < -0.3 is 10.4 Å². The Kier molecular flexibility index (Phi) is 4.80. The lowest BCUT2D eigenvalue weighted by atomic mass is 10.0. The molecule has 0 aliphatic rings. The van der Waals surface area contributed by atoms with Crippen molar-refractivity contribution in [2.24, 2.45) is 0 Å². The van der Waals surface area contributed by atoms with Crippen LogP contribution in [-0.2, 0) is 16.0 Å². The van der Waals surface area contributed by atoms with Crippen LogP contribution >= 0.6 is 15.9 Å². The van der Waals surface area contributed by atoms with Gasteiger partial charge in [0.25, 0.3) is 0 Å². The third-order valence-corrected chi connectivity index (χ3v) is 3.19. The Labute approximate surface area is 121 Å². The molecule has 0 fully saturated rings. The second-order valence-corrected chi connectivity index (χ2v) is 5.20. The van der Waals surface area contributed by atoms with E-state index in [9.17, 15) is 22.8 Å². The number of carbonyl (C=O) groups excluding carboxylic acids is 1. The topological polar surface area (TPSA) is 66.4 Å². The number of hydrogen-bond acceptors (Lipinski definition) is 2. The molecule has 1 atom stereocenters. The van der Waals surface area contributed by atoms with Gasteiger partial charge in [0.1, 0.15) is 0 Å². The van der Waals surface area contributed by atoms with Crippen molar-refractivity contribution in [2.45, 2.75) is 25.1 Å². The first-order valence-electron chi connectivity index (χ1n) is 5.42. The van der Waals surface area contributed by atoms with Crippen LogP contribution in [0.25, 0.3) is 0 Å². The number of carbonyl (C=O) groups is 2. The number of hydrogen-bond donors (Lipinski definition) is 2. The summed E-state index contributed by atoms with van der Waals surface area (Å²) in [5.74, 6) is -3.18. The number of rotatable bonds is 4. The molecule has 8 heteroatoms. The summed E-state index contributed by atoms with van der Waals surface area (Å²) in [4.78, 5) is 22.3. The van der Waals surface area contributed by atoms with Gasteiger partial charge in [-0.2, -0.15) is 13.2 Å². The highest BCUT2D eigenvalue weighted by atomic mass is 79.9. The van der Waals surface area contributed by atoms with Crippen LogP contribution in [0.1, 0.15) is 12.5 Å². The maximum absolute atomic E-state index is 12.7. The van der Waals surface area contributed by atoms with Crippen LogP contribution < -0.4 is 5.32 Å². The quantitative estimate of drug-likeness (QED) is 0.873. The van der Waals surface area contributed by atoms with Crippen LogP contribution in [0, 0.1) is 0 Å². The first kappa shape index (κ1) is 16.5. The Morgan fingerprint density at radius 2 is 1.75 bits per heavy atom. The summed E-state index contributed by atoms with van der Waals surface area (Å²) >= 11 is 3.18. The van der Waals surface area contributed by atoms with Crippen molar-refractivity contribution >= 4 is 27.8 Å². The molecular weight excluding hydrogens is 343 g/mol. The Hall–Kier alpha value is -1.57. The molecule has 1 amide bonds. The van der Waals surface area contributed by atoms with E-state index in [-0.39, 0.29) is 6.42 Å². The van der Waals surface area contributed by atoms with Crippen LogP contribution in [0.5, 0.6) is 0 Å². The summed E-state index contributed by atoms with van der Waals surface area (Å²) in [6, 6.07) is 6.36. The summed E-state index contributed by atoms with van der Waals surface area (Å²) in [6.07, 6.45) is -5.43. The fourth-order valence-electron chi connectivity index (χ4n) is 1.36. The fraction of sp³-hybridized carbons (Fsp3) is 0.333. The minimum atomic E-state index is -5.09. The lowest BCUT2D eigenvalue weighted by Crippen LogP contribution is -2.62. The Morgan fingerprint density at radius 3 is 2.15 bits per heavy atom. The number of carboxylic acid groups (broad SMARTS) is 1. The lowest BCUT2D eigenvalue weighted by molar-refractivity contribution is -0.206. The molecule has 4 nitrogen and oxygen atoms in total. The zero-order chi connectivity index (χ0) is 15.6. The van der Waals surface area contributed by atoms with Gasteiger partial charge in [0.15, 0.2) is 0 Å². The van der Waals surface area contributed by atoms with Crippen molar-refractivity contribution in [3.63, 3.8) is 0 Å². The second-order valence-electron chi connectivity index (χ2n) is 4.28. The molecule has 0 saturated carbocycles. The number of halogens is 4. The predicted molar refractivity (Wildman–Crippen MR) is 68.1 cm³/mol. The minimum absolute atomic E-state index is 0.341. The van der Waals surface area contributed by atoms with Crippen LogP contribution in [0.3, 0.4) is 0 Å². The van der Waals surface area contributed by atoms with Crippen LogP contribution in [0.15, 0.2) is 28.7 Å². The predicted octanol–water partition coefficient (Wildman–Crippen LogP) is 2.51. The van der Waals surface area contributed by atoms with Gasteiger partial charge in [0.2, 0.25) is 11.4 Å². The average molecular weight is 354 g/mol. The summed E-state index contributed by atoms with van der Waals surface area (Å²) in [6.45, 7) is 0.412. The van der Waals surface area contributed by atoms with Crippen LogP contribution in [0.2, 0.25) is 0 Å². The molecule has 0 spiro atoms. The molecule has 1 aromatic rings. The molecule has 0 heterocycles. The van der Waals surface area contributed by atoms with E-state index in [2.05, 4.69) is 15.9 Å². The van der Waals surface area contributed by atoms with Gasteiger partial charge in [-0.3, -0.25) is 4.79 Å². The zero-order valence-corrected chi connectivity index (χ0v) is 11.9. The van der Waals surface area contributed by atoms with E-state index in [1.807, 2.05) is 0 Å². The van der Waals surface area contributed by atoms with E-state index >= 15 is 0 Å². The van der Waals surface area contributed by atoms with Crippen molar-refractivity contribution in [2.75, 3.05) is 0 Å².